The monoisotopic (exact) mass is 308 g/mol. The smallest absolute Gasteiger partial charge is 0.305 e. The minimum atomic E-state index is -0.566. The second kappa shape index (κ2) is 6.21. The van der Waals surface area contributed by atoms with E-state index < -0.39 is 16.4 Å². The lowest BCUT2D eigenvalue weighted by atomic mass is 9.85. The molecule has 1 aliphatic heterocycles. The van der Waals surface area contributed by atoms with Gasteiger partial charge in [0.05, 0.1) is 10.5 Å². The van der Waals surface area contributed by atoms with E-state index in [2.05, 4.69) is 0 Å². The highest BCUT2D eigenvalue weighted by atomic mass is 17.2. The van der Waals surface area contributed by atoms with Gasteiger partial charge in [0.2, 0.25) is 0 Å². The molecule has 0 aromatic heterocycles. The molecule has 120 valence electrons. The Morgan fingerprint density at radius 2 is 1.91 bits per heavy atom. The van der Waals surface area contributed by atoms with Crippen LogP contribution in [0.3, 0.4) is 0 Å². The van der Waals surface area contributed by atoms with Crippen molar-refractivity contribution in [2.45, 2.75) is 39.0 Å². The van der Waals surface area contributed by atoms with Gasteiger partial charge in [-0.2, -0.15) is 0 Å². The molecular formula is C15H20N2O5. The molecule has 0 saturated carbocycles. The van der Waals surface area contributed by atoms with Gasteiger partial charge in [-0.25, -0.2) is 9.68 Å². The first-order valence-corrected chi connectivity index (χ1v) is 7.22. The Labute approximate surface area is 128 Å². The van der Waals surface area contributed by atoms with Crippen molar-refractivity contribution in [1.29, 1.82) is 0 Å². The van der Waals surface area contributed by atoms with Crippen LogP contribution in [0, 0.1) is 10.1 Å². The summed E-state index contributed by atoms with van der Waals surface area (Å²) < 4.78 is 0. The first kappa shape index (κ1) is 16.1. The summed E-state index contributed by atoms with van der Waals surface area (Å²) >= 11 is 0. The lowest BCUT2D eigenvalue weighted by Gasteiger charge is -2.21. The molecule has 0 spiro atoms. The maximum Gasteiger partial charge on any atom is 0.452 e. The Balaban J connectivity index is 2.21. The van der Waals surface area contributed by atoms with Gasteiger partial charge in [0.1, 0.15) is 0 Å². The lowest BCUT2D eigenvalue weighted by Crippen LogP contribution is -2.29. The molecule has 1 aromatic rings. The van der Waals surface area contributed by atoms with Crippen molar-refractivity contribution in [3.63, 3.8) is 0 Å². The fourth-order valence-electron chi connectivity index (χ4n) is 2.53. The summed E-state index contributed by atoms with van der Waals surface area (Å²) in [7, 11) is 0. The molecule has 1 saturated heterocycles. The van der Waals surface area contributed by atoms with Gasteiger partial charge in [-0.15, -0.1) is 0 Å². The molecule has 0 radical (unpaired) electrons. The summed E-state index contributed by atoms with van der Waals surface area (Å²) in [6.07, 6.45) is 1.32. The largest absolute Gasteiger partial charge is 0.452 e. The van der Waals surface area contributed by atoms with E-state index >= 15 is 0 Å². The van der Waals surface area contributed by atoms with Crippen LogP contribution in [0.2, 0.25) is 0 Å². The number of benzene rings is 1. The first-order chi connectivity index (χ1) is 10.3. The number of hydrogen-bond donors (Lipinski definition) is 0. The van der Waals surface area contributed by atoms with Crippen LogP contribution in [0.25, 0.3) is 0 Å². The van der Waals surface area contributed by atoms with E-state index in [-0.39, 0.29) is 11.4 Å². The number of rotatable bonds is 3. The topological polar surface area (TPSA) is 81.9 Å². The van der Waals surface area contributed by atoms with E-state index in [1.807, 2.05) is 20.8 Å². The van der Waals surface area contributed by atoms with Crippen LogP contribution in [-0.2, 0) is 10.3 Å². The number of nitrogens with zero attached hydrogens (tertiary/aromatic N) is 2. The maximum absolute atomic E-state index is 11.8. The quantitative estimate of drug-likeness (QED) is 0.485. The van der Waals surface area contributed by atoms with Crippen molar-refractivity contribution < 1.29 is 19.5 Å². The molecule has 0 bridgehead atoms. The molecule has 1 aromatic carbocycles. The van der Waals surface area contributed by atoms with E-state index in [1.165, 1.54) is 12.1 Å². The highest BCUT2D eigenvalue weighted by Crippen LogP contribution is 2.38. The van der Waals surface area contributed by atoms with Crippen molar-refractivity contribution in [3.05, 3.63) is 33.9 Å². The Morgan fingerprint density at radius 3 is 2.45 bits per heavy atom. The zero-order valence-electron chi connectivity index (χ0n) is 13.0. The third-order valence-corrected chi connectivity index (χ3v) is 3.52. The Hall–Kier alpha value is -2.31. The molecule has 7 nitrogen and oxygen atoms in total. The number of hydrogen-bond acceptors (Lipinski definition) is 5. The van der Waals surface area contributed by atoms with Gasteiger partial charge < -0.3 is 4.90 Å². The fourth-order valence-corrected chi connectivity index (χ4v) is 2.53. The highest BCUT2D eigenvalue weighted by molar-refractivity contribution is 5.67. The molecule has 1 amide bonds. The van der Waals surface area contributed by atoms with Gasteiger partial charge in [-0.05, 0) is 24.3 Å². The predicted molar refractivity (Wildman–Crippen MR) is 79.7 cm³/mol. The van der Waals surface area contributed by atoms with E-state index in [0.717, 1.165) is 12.8 Å². The van der Waals surface area contributed by atoms with Crippen LogP contribution in [0.1, 0.15) is 39.2 Å². The molecule has 0 N–H and O–H groups in total. The Kier molecular flexibility index (Phi) is 4.54. The van der Waals surface area contributed by atoms with E-state index in [9.17, 15) is 14.9 Å². The van der Waals surface area contributed by atoms with E-state index in [0.29, 0.717) is 18.7 Å². The van der Waals surface area contributed by atoms with Crippen LogP contribution in [0.15, 0.2) is 18.2 Å². The summed E-state index contributed by atoms with van der Waals surface area (Å²) in [6.45, 7) is 6.80. The Bertz CT molecular complexity index is 574. The Morgan fingerprint density at radius 1 is 1.27 bits per heavy atom. The van der Waals surface area contributed by atoms with Gasteiger partial charge in [0.15, 0.2) is 5.75 Å². The standard InChI is InChI=1S/C15H20N2O5/c1-15(2,3)13-11(17(19)20)7-6-8-12(13)21-22-14(18)16-9-4-5-10-16/h6-8H,4-5,9-10H2,1-3H3. The van der Waals surface area contributed by atoms with Gasteiger partial charge >= 0.3 is 6.09 Å². The number of likely N-dealkylation sites (tertiary alicyclic amines) is 1. The molecule has 0 atom stereocenters. The minimum absolute atomic E-state index is 0.0535. The average Bonchev–Trinajstić information content (AvgIpc) is 2.97. The van der Waals surface area contributed by atoms with E-state index in [4.69, 9.17) is 9.78 Å². The SMILES string of the molecule is CC(C)(C)c1c(OOC(=O)N2CCCC2)cccc1[N+](=O)[O-]. The second-order valence-corrected chi connectivity index (χ2v) is 6.28. The number of nitro benzene ring substituents is 1. The van der Waals surface area contributed by atoms with Crippen LogP contribution in [0.4, 0.5) is 10.5 Å². The molecule has 2 rings (SSSR count). The third kappa shape index (κ3) is 3.47. The number of carbonyl (C=O) groups is 1. The zero-order chi connectivity index (χ0) is 16.3. The average molecular weight is 308 g/mol. The summed E-state index contributed by atoms with van der Waals surface area (Å²) in [5.74, 6) is 0.189. The minimum Gasteiger partial charge on any atom is -0.305 e. The van der Waals surface area contributed by atoms with Crippen molar-refractivity contribution in [2.24, 2.45) is 0 Å². The zero-order valence-corrected chi connectivity index (χ0v) is 13.0. The second-order valence-electron chi connectivity index (χ2n) is 6.28. The molecule has 0 aliphatic carbocycles. The number of amides is 1. The van der Waals surface area contributed by atoms with Crippen LogP contribution >= 0.6 is 0 Å². The highest BCUT2D eigenvalue weighted by Gasteiger charge is 2.30. The maximum atomic E-state index is 11.8. The normalized spacial score (nSPS) is 14.8. The van der Waals surface area contributed by atoms with Crippen molar-refractivity contribution in [1.82, 2.24) is 4.90 Å². The van der Waals surface area contributed by atoms with Gasteiger partial charge in [-0.3, -0.25) is 15.0 Å². The number of carbonyl (C=O) groups excluding carboxylic acids is 1. The number of nitro groups is 1. The van der Waals surface area contributed by atoms with Crippen molar-refractivity contribution in [3.8, 4) is 5.75 Å². The van der Waals surface area contributed by atoms with Gasteiger partial charge in [0, 0.05) is 19.2 Å². The van der Waals surface area contributed by atoms with Gasteiger partial charge in [0.25, 0.3) is 5.69 Å². The summed E-state index contributed by atoms with van der Waals surface area (Å²) in [5.41, 5.74) is -0.185. The van der Waals surface area contributed by atoms with Crippen LogP contribution in [-0.4, -0.2) is 29.0 Å². The van der Waals surface area contributed by atoms with Crippen LogP contribution < -0.4 is 4.89 Å². The molecule has 0 unspecified atom stereocenters. The first-order valence-electron chi connectivity index (χ1n) is 7.22. The summed E-state index contributed by atoms with van der Waals surface area (Å²) in [4.78, 5) is 34.1. The molecule has 7 heteroatoms. The summed E-state index contributed by atoms with van der Waals surface area (Å²) in [5, 5.41) is 11.2. The van der Waals surface area contributed by atoms with Crippen LogP contribution in [0.5, 0.6) is 5.75 Å². The fraction of sp³-hybridized carbons (Fsp3) is 0.533. The third-order valence-electron chi connectivity index (χ3n) is 3.52. The van der Waals surface area contributed by atoms with E-state index in [1.54, 1.807) is 11.0 Å². The van der Waals surface area contributed by atoms with Crippen molar-refractivity contribution >= 4 is 11.8 Å². The van der Waals surface area contributed by atoms with Crippen molar-refractivity contribution in [2.75, 3.05) is 13.1 Å². The van der Waals surface area contributed by atoms with Gasteiger partial charge in [-0.1, -0.05) is 26.8 Å². The molecular weight excluding hydrogens is 288 g/mol. The molecule has 1 aliphatic rings. The predicted octanol–water partition coefficient (Wildman–Crippen LogP) is 3.42. The molecule has 1 fully saturated rings. The molecule has 22 heavy (non-hydrogen) atoms. The lowest BCUT2D eigenvalue weighted by molar-refractivity contribution is -0.386. The molecule has 1 heterocycles. The summed E-state index contributed by atoms with van der Waals surface area (Å²) in [6, 6.07) is 4.48.